The molecule has 0 bridgehead atoms. The number of amides is 1. The van der Waals surface area contributed by atoms with Gasteiger partial charge in [-0.25, -0.2) is 13.2 Å². The van der Waals surface area contributed by atoms with Gasteiger partial charge in [-0.05, 0) is 38.5 Å². The Morgan fingerprint density at radius 3 is 1.56 bits per heavy atom. The molecule has 3 rings (SSSR count). The second kappa shape index (κ2) is 19.8. The number of ether oxygens (including phenoxy) is 3. The third-order valence-corrected chi connectivity index (χ3v) is 8.76. The van der Waals surface area contributed by atoms with Crippen LogP contribution < -0.4 is 10.1 Å². The first kappa shape index (κ1) is 36.9. The summed E-state index contributed by atoms with van der Waals surface area (Å²) in [4.78, 5) is 37.7. The number of Topliss-reactive ketones (excluding diaryl/α,β-unsaturated/α-hetero) is 1. The highest BCUT2D eigenvalue weighted by Crippen LogP contribution is 2.34. The minimum Gasteiger partial charge on any atom is -0.420 e. The van der Waals surface area contributed by atoms with Crippen molar-refractivity contribution in [2.24, 2.45) is 17.8 Å². The van der Waals surface area contributed by atoms with Gasteiger partial charge in [0, 0.05) is 24.3 Å². The first-order valence-electron chi connectivity index (χ1n) is 16.4. The lowest BCUT2D eigenvalue weighted by Crippen LogP contribution is -2.37. The van der Waals surface area contributed by atoms with Gasteiger partial charge in [-0.3, -0.25) is 14.4 Å². The summed E-state index contributed by atoms with van der Waals surface area (Å²) in [5.41, 5.74) is 0. The molecule has 254 valence electrons. The topological polar surface area (TPSA) is 90.9 Å². The highest BCUT2D eigenvalue weighted by atomic mass is 19.2. The van der Waals surface area contributed by atoms with Gasteiger partial charge in [0.1, 0.15) is 5.78 Å². The molecule has 2 fully saturated rings. The number of hydrogen-bond donors (Lipinski definition) is 1. The fourth-order valence-electron chi connectivity index (χ4n) is 6.13. The molecule has 1 N–H and O–H groups in total. The van der Waals surface area contributed by atoms with E-state index in [1.165, 1.54) is 44.9 Å². The predicted molar refractivity (Wildman–Crippen MR) is 156 cm³/mol. The van der Waals surface area contributed by atoms with Crippen LogP contribution in [0.1, 0.15) is 103 Å². The van der Waals surface area contributed by atoms with Crippen LogP contribution in [-0.2, 0) is 23.9 Å². The Balaban J connectivity index is 1.23. The molecule has 1 aromatic rings. The van der Waals surface area contributed by atoms with Crippen molar-refractivity contribution in [1.29, 1.82) is 0 Å². The maximum absolute atomic E-state index is 13.6. The van der Waals surface area contributed by atoms with Crippen LogP contribution >= 0.6 is 0 Å². The Labute approximate surface area is 261 Å². The van der Waals surface area contributed by atoms with E-state index >= 15 is 0 Å². The molecule has 12 heteroatoms. The highest BCUT2D eigenvalue weighted by Gasteiger charge is 2.33. The molecule has 2 aliphatic rings. The molecule has 0 atom stereocenters. The van der Waals surface area contributed by atoms with E-state index in [1.54, 1.807) is 0 Å². The maximum Gasteiger partial charge on any atom is 0.313 e. The molecule has 0 aliphatic heterocycles. The zero-order valence-electron chi connectivity index (χ0n) is 25.9. The number of carbonyl (C=O) groups is 3. The number of hydrogen-bond acceptors (Lipinski definition) is 6. The predicted octanol–water partition coefficient (Wildman–Crippen LogP) is 7.12. The van der Waals surface area contributed by atoms with Crippen LogP contribution in [0.15, 0.2) is 0 Å². The summed E-state index contributed by atoms with van der Waals surface area (Å²) in [5.74, 6) is -13.7. The summed E-state index contributed by atoms with van der Waals surface area (Å²) in [7, 11) is 0. The number of carbonyl (C=O) groups excluding carboxylic acids is 3. The van der Waals surface area contributed by atoms with E-state index in [9.17, 15) is 36.3 Å². The Kier molecular flexibility index (Phi) is 16.2. The van der Waals surface area contributed by atoms with Crippen LogP contribution in [0.2, 0.25) is 0 Å². The SMILES string of the molecule is O=C(CCOCCOCCNC(=O)C1CCC(C(=O)C2CCCCCCCCCCC2)CC1)Oc1c(F)c(F)c(F)c(F)c1F. The third-order valence-electron chi connectivity index (χ3n) is 8.76. The molecule has 0 aromatic heterocycles. The molecule has 0 spiro atoms. The minimum atomic E-state index is -2.35. The molecule has 45 heavy (non-hydrogen) atoms. The van der Waals surface area contributed by atoms with Gasteiger partial charge in [-0.2, -0.15) is 8.78 Å². The van der Waals surface area contributed by atoms with Crippen molar-refractivity contribution in [3.05, 3.63) is 29.1 Å². The number of benzene rings is 1. The van der Waals surface area contributed by atoms with E-state index < -0.39 is 47.2 Å². The monoisotopic (exact) mass is 647 g/mol. The van der Waals surface area contributed by atoms with Crippen molar-refractivity contribution < 1.29 is 50.5 Å². The smallest absolute Gasteiger partial charge is 0.313 e. The largest absolute Gasteiger partial charge is 0.420 e. The van der Waals surface area contributed by atoms with Gasteiger partial charge < -0.3 is 19.5 Å². The molecular formula is C33H46F5NO6. The number of halogens is 5. The van der Waals surface area contributed by atoms with E-state index in [0.717, 1.165) is 38.5 Å². The fraction of sp³-hybridized carbons (Fsp3) is 0.727. The first-order chi connectivity index (χ1) is 21.7. The lowest BCUT2D eigenvalue weighted by atomic mass is 9.75. The van der Waals surface area contributed by atoms with Crippen molar-refractivity contribution >= 4 is 17.7 Å². The Morgan fingerprint density at radius 2 is 1.00 bits per heavy atom. The van der Waals surface area contributed by atoms with Crippen LogP contribution in [0.5, 0.6) is 5.75 Å². The van der Waals surface area contributed by atoms with E-state index in [2.05, 4.69) is 10.1 Å². The quantitative estimate of drug-likeness (QED) is 0.0612. The average Bonchev–Trinajstić information content (AvgIpc) is 3.04. The molecular weight excluding hydrogens is 601 g/mol. The summed E-state index contributed by atoms with van der Waals surface area (Å²) >= 11 is 0. The molecule has 7 nitrogen and oxygen atoms in total. The van der Waals surface area contributed by atoms with Crippen LogP contribution in [0, 0.1) is 46.8 Å². The maximum atomic E-state index is 13.6. The molecule has 1 amide bonds. The summed E-state index contributed by atoms with van der Waals surface area (Å²) in [5, 5.41) is 2.87. The molecule has 2 aliphatic carbocycles. The Morgan fingerprint density at radius 1 is 0.556 bits per heavy atom. The third kappa shape index (κ3) is 11.9. The van der Waals surface area contributed by atoms with Gasteiger partial charge in [-0.1, -0.05) is 57.8 Å². The fourth-order valence-corrected chi connectivity index (χ4v) is 6.13. The summed E-state index contributed by atoms with van der Waals surface area (Å²) in [6.45, 7) is 0.487. The van der Waals surface area contributed by atoms with Crippen molar-refractivity contribution in [3.63, 3.8) is 0 Å². The molecule has 0 saturated heterocycles. The van der Waals surface area contributed by atoms with E-state index in [1.807, 2.05) is 0 Å². The first-order valence-corrected chi connectivity index (χ1v) is 16.4. The Hall–Kier alpha value is -2.60. The van der Waals surface area contributed by atoms with Crippen LogP contribution in [0.4, 0.5) is 22.0 Å². The zero-order chi connectivity index (χ0) is 32.6. The molecule has 2 saturated carbocycles. The second-order valence-corrected chi connectivity index (χ2v) is 12.0. The summed E-state index contributed by atoms with van der Waals surface area (Å²) in [6, 6.07) is 0. The van der Waals surface area contributed by atoms with Gasteiger partial charge in [0.05, 0.1) is 32.8 Å². The van der Waals surface area contributed by atoms with E-state index in [-0.39, 0.29) is 50.1 Å². The zero-order valence-corrected chi connectivity index (χ0v) is 25.9. The summed E-state index contributed by atoms with van der Waals surface area (Å²) < 4.78 is 81.5. The number of nitrogens with one attached hydrogen (secondary N) is 1. The number of esters is 1. The normalized spacial score (nSPS) is 20.6. The number of ketones is 1. The van der Waals surface area contributed by atoms with Crippen LogP contribution in [0.25, 0.3) is 0 Å². The molecule has 0 heterocycles. The molecule has 1 aromatic carbocycles. The molecule has 0 radical (unpaired) electrons. The average molecular weight is 648 g/mol. The van der Waals surface area contributed by atoms with Crippen molar-refractivity contribution in [1.82, 2.24) is 5.32 Å². The van der Waals surface area contributed by atoms with E-state index in [0.29, 0.717) is 25.2 Å². The van der Waals surface area contributed by atoms with Crippen LogP contribution in [-0.4, -0.2) is 50.6 Å². The van der Waals surface area contributed by atoms with Gasteiger partial charge in [0.15, 0.2) is 0 Å². The second-order valence-electron chi connectivity index (χ2n) is 12.0. The van der Waals surface area contributed by atoms with Crippen LogP contribution in [0.3, 0.4) is 0 Å². The van der Waals surface area contributed by atoms with Gasteiger partial charge in [0.25, 0.3) is 0 Å². The van der Waals surface area contributed by atoms with Crippen molar-refractivity contribution in [2.45, 2.75) is 103 Å². The molecule has 0 unspecified atom stereocenters. The lowest BCUT2D eigenvalue weighted by Gasteiger charge is -2.29. The number of rotatable bonds is 13. The van der Waals surface area contributed by atoms with Gasteiger partial charge in [0.2, 0.25) is 40.7 Å². The van der Waals surface area contributed by atoms with Gasteiger partial charge in [-0.15, -0.1) is 0 Å². The standard InChI is InChI=1S/C33H46F5NO6/c34-26-27(35)29(37)32(30(38)28(26)36)45-25(40)16-18-43-20-21-44-19-17-39-33(42)24-14-12-23(13-15-24)31(41)22-10-8-6-4-2-1-3-5-7-9-11-22/h22-24H,1-21H2,(H,39,42). The lowest BCUT2D eigenvalue weighted by molar-refractivity contribution is -0.136. The van der Waals surface area contributed by atoms with Crippen molar-refractivity contribution in [2.75, 3.05) is 33.0 Å². The minimum absolute atomic E-state index is 0.0425. The van der Waals surface area contributed by atoms with Gasteiger partial charge >= 0.3 is 5.97 Å². The van der Waals surface area contributed by atoms with Crippen molar-refractivity contribution in [3.8, 4) is 5.75 Å². The highest BCUT2D eigenvalue weighted by molar-refractivity contribution is 5.84. The Bertz CT molecular complexity index is 1070. The summed E-state index contributed by atoms with van der Waals surface area (Å²) in [6.07, 6.45) is 15.6. The van der Waals surface area contributed by atoms with E-state index in [4.69, 9.17) is 9.47 Å².